The molecule has 2 rings (SSSR count). The molecule has 0 aliphatic heterocycles. The molecule has 132 valence electrons. The van der Waals surface area contributed by atoms with E-state index >= 15 is 0 Å². The monoisotopic (exact) mass is 361 g/mol. The van der Waals surface area contributed by atoms with Gasteiger partial charge in [0.25, 0.3) is 5.91 Å². The lowest BCUT2D eigenvalue weighted by molar-refractivity contribution is -0.143. The normalized spacial score (nSPS) is 11.0. The number of nitrogens with one attached hydrogen (secondary N) is 2. The van der Waals surface area contributed by atoms with Crippen LogP contribution in [0.2, 0.25) is 0 Å². The van der Waals surface area contributed by atoms with Crippen LogP contribution in [0.3, 0.4) is 0 Å². The number of ether oxygens (including phenoxy) is 1. The number of fused-ring (bicyclic) bond motifs is 1. The first-order valence-electron chi connectivity index (χ1n) is 7.72. The van der Waals surface area contributed by atoms with E-state index in [4.69, 9.17) is 4.74 Å². The fourth-order valence-corrected chi connectivity index (χ4v) is 2.66. The van der Waals surface area contributed by atoms with Crippen LogP contribution in [0.1, 0.15) is 18.9 Å². The van der Waals surface area contributed by atoms with Gasteiger partial charge in [-0.1, -0.05) is 26.0 Å². The fraction of sp³-hybridized carbons (Fsp3) is 0.294. The van der Waals surface area contributed by atoms with Gasteiger partial charge >= 0.3 is 12.0 Å². The number of amides is 3. The van der Waals surface area contributed by atoms with E-state index in [2.05, 4.69) is 15.6 Å². The largest absolute Gasteiger partial charge is 0.452 e. The Labute approximate surface area is 149 Å². The summed E-state index contributed by atoms with van der Waals surface area (Å²) in [6.45, 7) is 3.78. The average Bonchev–Trinajstić information content (AvgIpc) is 2.99. The van der Waals surface area contributed by atoms with Gasteiger partial charge in [0.05, 0.1) is 10.2 Å². The van der Waals surface area contributed by atoms with Crippen LogP contribution in [0, 0.1) is 5.92 Å². The number of hydrogen-bond acceptors (Lipinski definition) is 6. The first-order valence-corrected chi connectivity index (χ1v) is 8.54. The second kappa shape index (κ2) is 8.93. The second-order valence-corrected chi connectivity index (χ2v) is 6.68. The Balaban J connectivity index is 1.76. The molecule has 0 aliphatic rings. The molecule has 7 nitrogen and oxygen atoms in total. The molecule has 0 radical (unpaired) electrons. The lowest BCUT2D eigenvalue weighted by Gasteiger charge is -2.08. The van der Waals surface area contributed by atoms with Crippen molar-refractivity contribution in [2.75, 3.05) is 13.2 Å². The summed E-state index contributed by atoms with van der Waals surface area (Å²) in [7, 11) is 0. The highest BCUT2D eigenvalue weighted by Crippen LogP contribution is 2.22. The Morgan fingerprint density at radius 3 is 2.76 bits per heavy atom. The molecule has 1 aromatic carbocycles. The zero-order valence-electron chi connectivity index (χ0n) is 13.9. The number of hydrogen-bond donors (Lipinski definition) is 2. The lowest BCUT2D eigenvalue weighted by atomic mass is 10.2. The molecule has 1 heterocycles. The average molecular weight is 361 g/mol. The minimum Gasteiger partial charge on any atom is -0.452 e. The van der Waals surface area contributed by atoms with Gasteiger partial charge in [-0.15, -0.1) is 11.3 Å². The summed E-state index contributed by atoms with van der Waals surface area (Å²) >= 11 is 1.44. The molecule has 0 saturated carbocycles. The maximum absolute atomic E-state index is 11.6. The molecular formula is C17H19N3O4S. The molecule has 25 heavy (non-hydrogen) atoms. The summed E-state index contributed by atoms with van der Waals surface area (Å²) < 4.78 is 5.80. The number of rotatable bonds is 6. The molecule has 2 aromatic rings. The van der Waals surface area contributed by atoms with E-state index in [1.165, 1.54) is 23.5 Å². The van der Waals surface area contributed by atoms with E-state index in [0.29, 0.717) is 11.6 Å². The lowest BCUT2D eigenvalue weighted by Crippen LogP contribution is -2.42. The van der Waals surface area contributed by atoms with Gasteiger partial charge in [0, 0.05) is 12.6 Å². The van der Waals surface area contributed by atoms with Gasteiger partial charge in [0.2, 0.25) is 0 Å². The number of benzene rings is 1. The Kier molecular flexibility index (Phi) is 6.64. The third kappa shape index (κ3) is 6.34. The van der Waals surface area contributed by atoms with Crippen LogP contribution in [-0.2, 0) is 14.3 Å². The minimum atomic E-state index is -0.692. The Morgan fingerprint density at radius 1 is 1.28 bits per heavy atom. The highest BCUT2D eigenvalue weighted by molar-refractivity contribution is 7.19. The van der Waals surface area contributed by atoms with Gasteiger partial charge in [0.15, 0.2) is 6.61 Å². The summed E-state index contributed by atoms with van der Waals surface area (Å²) in [4.78, 5) is 38.9. The molecule has 0 spiro atoms. The molecule has 0 atom stereocenters. The van der Waals surface area contributed by atoms with Crippen LogP contribution >= 0.6 is 11.3 Å². The van der Waals surface area contributed by atoms with E-state index in [1.54, 1.807) is 0 Å². The number of urea groups is 1. The SMILES string of the molecule is CC(C)CNC(=O)NC(=O)COC(=O)/C=C/c1nc2ccccc2s1. The third-order valence-corrected chi connectivity index (χ3v) is 3.94. The van der Waals surface area contributed by atoms with Crippen molar-refractivity contribution in [2.24, 2.45) is 5.92 Å². The smallest absolute Gasteiger partial charge is 0.331 e. The van der Waals surface area contributed by atoms with Crippen molar-refractivity contribution >= 4 is 45.5 Å². The van der Waals surface area contributed by atoms with Crippen LogP contribution in [0.15, 0.2) is 30.3 Å². The molecule has 0 aliphatic carbocycles. The molecule has 0 bridgehead atoms. The molecule has 8 heteroatoms. The summed E-state index contributed by atoms with van der Waals surface area (Å²) in [5, 5.41) is 5.27. The predicted octanol–water partition coefficient (Wildman–Crippen LogP) is 2.33. The number of esters is 1. The first-order chi connectivity index (χ1) is 11.9. The van der Waals surface area contributed by atoms with Gasteiger partial charge in [-0.2, -0.15) is 0 Å². The van der Waals surface area contributed by atoms with Gasteiger partial charge in [-0.25, -0.2) is 14.6 Å². The van der Waals surface area contributed by atoms with Crippen LogP contribution in [0.25, 0.3) is 16.3 Å². The summed E-state index contributed by atoms with van der Waals surface area (Å²) in [5.74, 6) is -1.11. The number of aromatic nitrogens is 1. The Bertz CT molecular complexity index is 765. The minimum absolute atomic E-state index is 0.270. The summed E-state index contributed by atoms with van der Waals surface area (Å²) in [5.41, 5.74) is 0.854. The maximum Gasteiger partial charge on any atom is 0.331 e. The molecule has 0 fully saturated rings. The number of carbonyl (C=O) groups is 3. The molecule has 1 aromatic heterocycles. The van der Waals surface area contributed by atoms with Crippen molar-refractivity contribution in [1.82, 2.24) is 15.6 Å². The van der Waals surface area contributed by atoms with Crippen molar-refractivity contribution in [3.63, 3.8) is 0 Å². The van der Waals surface area contributed by atoms with Crippen LogP contribution in [0.4, 0.5) is 4.79 Å². The zero-order chi connectivity index (χ0) is 18.2. The van der Waals surface area contributed by atoms with E-state index < -0.39 is 24.5 Å². The van der Waals surface area contributed by atoms with Crippen LogP contribution in [0.5, 0.6) is 0 Å². The van der Waals surface area contributed by atoms with Crippen molar-refractivity contribution in [3.05, 3.63) is 35.3 Å². The zero-order valence-corrected chi connectivity index (χ0v) is 14.8. The van der Waals surface area contributed by atoms with Crippen LogP contribution < -0.4 is 10.6 Å². The van der Waals surface area contributed by atoms with Crippen molar-refractivity contribution in [2.45, 2.75) is 13.8 Å². The first kappa shape index (κ1) is 18.6. The maximum atomic E-state index is 11.6. The topological polar surface area (TPSA) is 97.4 Å². The van der Waals surface area contributed by atoms with E-state index in [-0.39, 0.29) is 5.92 Å². The highest BCUT2D eigenvalue weighted by Gasteiger charge is 2.10. The standard InChI is InChI=1S/C17H19N3O4S/c1-11(2)9-18-17(23)20-14(21)10-24-16(22)8-7-15-19-12-5-3-4-6-13(12)25-15/h3-8,11H,9-10H2,1-2H3,(H2,18,20,21,23)/b8-7+. The van der Waals surface area contributed by atoms with Gasteiger partial charge in [0.1, 0.15) is 5.01 Å². The molecule has 0 unspecified atom stereocenters. The Hall–Kier alpha value is -2.74. The second-order valence-electron chi connectivity index (χ2n) is 5.61. The van der Waals surface area contributed by atoms with E-state index in [0.717, 1.165) is 10.2 Å². The molecule has 3 amide bonds. The third-order valence-electron chi connectivity index (χ3n) is 2.94. The van der Waals surface area contributed by atoms with Crippen molar-refractivity contribution in [3.8, 4) is 0 Å². The predicted molar refractivity (Wildman–Crippen MR) is 96.0 cm³/mol. The number of para-hydroxylation sites is 1. The molecule has 2 N–H and O–H groups in total. The highest BCUT2D eigenvalue weighted by atomic mass is 32.1. The number of nitrogens with zero attached hydrogens (tertiary/aromatic N) is 1. The summed E-state index contributed by atoms with van der Waals surface area (Å²) in [6.07, 6.45) is 2.73. The quantitative estimate of drug-likeness (QED) is 0.608. The fourth-order valence-electron chi connectivity index (χ4n) is 1.79. The Morgan fingerprint density at radius 2 is 2.04 bits per heavy atom. The van der Waals surface area contributed by atoms with Crippen LogP contribution in [-0.4, -0.2) is 36.0 Å². The van der Waals surface area contributed by atoms with Crippen molar-refractivity contribution < 1.29 is 19.1 Å². The van der Waals surface area contributed by atoms with Gasteiger partial charge in [-0.3, -0.25) is 10.1 Å². The number of imide groups is 1. The van der Waals surface area contributed by atoms with Gasteiger partial charge in [-0.05, 0) is 24.1 Å². The van der Waals surface area contributed by atoms with Gasteiger partial charge < -0.3 is 10.1 Å². The molecule has 0 saturated heterocycles. The van der Waals surface area contributed by atoms with E-state index in [1.807, 2.05) is 38.1 Å². The number of carbonyl (C=O) groups excluding carboxylic acids is 3. The number of thiazole rings is 1. The van der Waals surface area contributed by atoms with E-state index in [9.17, 15) is 14.4 Å². The molecular weight excluding hydrogens is 342 g/mol. The summed E-state index contributed by atoms with van der Waals surface area (Å²) in [6, 6.07) is 7.02. The van der Waals surface area contributed by atoms with Crippen molar-refractivity contribution in [1.29, 1.82) is 0 Å².